The van der Waals surface area contributed by atoms with Crippen molar-refractivity contribution in [3.8, 4) is 0 Å². The van der Waals surface area contributed by atoms with E-state index in [2.05, 4.69) is 5.32 Å². The zero-order valence-corrected chi connectivity index (χ0v) is 18.0. The molecule has 0 spiro atoms. The van der Waals surface area contributed by atoms with E-state index in [-0.39, 0.29) is 48.6 Å². The topological polar surface area (TPSA) is 105 Å². The SMILES string of the molecule is CCOC(=O)c1cc(NCC(=O)N2CCN(C(=O)C3CC3)CC2)cc(C(=O)OCC)c1. The fourth-order valence-electron chi connectivity index (χ4n) is 3.45. The summed E-state index contributed by atoms with van der Waals surface area (Å²) in [4.78, 5) is 52.6. The van der Waals surface area contributed by atoms with Crippen molar-refractivity contribution in [2.45, 2.75) is 26.7 Å². The number of amides is 2. The number of rotatable bonds is 8. The second-order valence-electron chi connectivity index (χ2n) is 7.57. The Bertz CT molecular complexity index is 807. The van der Waals surface area contributed by atoms with Crippen LogP contribution in [0.5, 0.6) is 0 Å². The molecule has 1 aliphatic carbocycles. The fraction of sp³-hybridized carbons (Fsp3) is 0.545. The van der Waals surface area contributed by atoms with Crippen molar-refractivity contribution in [1.29, 1.82) is 0 Å². The van der Waals surface area contributed by atoms with Gasteiger partial charge in [-0.1, -0.05) is 0 Å². The average Bonchev–Trinajstić information content (AvgIpc) is 3.62. The molecule has 0 bridgehead atoms. The van der Waals surface area contributed by atoms with Gasteiger partial charge in [-0.15, -0.1) is 0 Å². The quantitative estimate of drug-likeness (QED) is 0.623. The Kier molecular flexibility index (Phi) is 7.49. The Morgan fingerprint density at radius 2 is 1.39 bits per heavy atom. The van der Waals surface area contributed by atoms with Crippen molar-refractivity contribution in [3.63, 3.8) is 0 Å². The molecule has 9 nitrogen and oxygen atoms in total. The van der Waals surface area contributed by atoms with Crippen molar-refractivity contribution in [2.24, 2.45) is 5.92 Å². The lowest BCUT2D eigenvalue weighted by Gasteiger charge is -2.35. The lowest BCUT2D eigenvalue weighted by molar-refractivity contribution is -0.139. The maximum Gasteiger partial charge on any atom is 0.338 e. The zero-order valence-electron chi connectivity index (χ0n) is 18.0. The van der Waals surface area contributed by atoms with Crippen LogP contribution in [0.25, 0.3) is 0 Å². The van der Waals surface area contributed by atoms with E-state index in [0.717, 1.165) is 12.8 Å². The summed E-state index contributed by atoms with van der Waals surface area (Å²) < 4.78 is 10.0. The van der Waals surface area contributed by atoms with Gasteiger partial charge < -0.3 is 24.6 Å². The largest absolute Gasteiger partial charge is 0.462 e. The Labute approximate surface area is 181 Å². The van der Waals surface area contributed by atoms with Crippen molar-refractivity contribution in [2.75, 3.05) is 51.3 Å². The van der Waals surface area contributed by atoms with Crippen LogP contribution in [0.4, 0.5) is 5.69 Å². The summed E-state index contributed by atoms with van der Waals surface area (Å²) in [5.41, 5.74) is 0.855. The molecule has 1 aromatic carbocycles. The highest BCUT2D eigenvalue weighted by Gasteiger charge is 2.35. The van der Waals surface area contributed by atoms with Gasteiger partial charge in [-0.3, -0.25) is 9.59 Å². The van der Waals surface area contributed by atoms with E-state index in [4.69, 9.17) is 9.47 Å². The normalized spacial score (nSPS) is 15.9. The summed E-state index contributed by atoms with van der Waals surface area (Å²) in [6, 6.07) is 4.50. The minimum Gasteiger partial charge on any atom is -0.462 e. The summed E-state index contributed by atoms with van der Waals surface area (Å²) in [6.45, 7) is 5.90. The van der Waals surface area contributed by atoms with Gasteiger partial charge in [0, 0.05) is 37.8 Å². The first-order valence-electron chi connectivity index (χ1n) is 10.7. The molecule has 0 unspecified atom stereocenters. The number of benzene rings is 1. The van der Waals surface area contributed by atoms with Crippen LogP contribution >= 0.6 is 0 Å². The van der Waals surface area contributed by atoms with Gasteiger partial charge in [-0.05, 0) is 44.9 Å². The molecular formula is C22H29N3O6. The lowest BCUT2D eigenvalue weighted by Crippen LogP contribution is -2.52. The summed E-state index contributed by atoms with van der Waals surface area (Å²) in [6.07, 6.45) is 1.95. The summed E-state index contributed by atoms with van der Waals surface area (Å²) in [5, 5.41) is 2.99. The Hall–Kier alpha value is -3.10. The first kappa shape index (κ1) is 22.6. The number of esters is 2. The number of ether oxygens (including phenoxy) is 2. The van der Waals surface area contributed by atoms with E-state index >= 15 is 0 Å². The Morgan fingerprint density at radius 1 is 0.871 bits per heavy atom. The minimum absolute atomic E-state index is 0.00507. The molecule has 3 rings (SSSR count). The molecule has 0 radical (unpaired) electrons. The number of carbonyl (C=O) groups is 4. The van der Waals surface area contributed by atoms with Crippen LogP contribution in [0.2, 0.25) is 0 Å². The van der Waals surface area contributed by atoms with Gasteiger partial charge in [-0.25, -0.2) is 9.59 Å². The number of nitrogens with one attached hydrogen (secondary N) is 1. The van der Waals surface area contributed by atoms with Gasteiger partial charge in [0.1, 0.15) is 0 Å². The van der Waals surface area contributed by atoms with Gasteiger partial charge in [0.2, 0.25) is 11.8 Å². The average molecular weight is 431 g/mol. The highest BCUT2D eigenvalue weighted by Crippen LogP contribution is 2.31. The van der Waals surface area contributed by atoms with Crippen molar-refractivity contribution in [1.82, 2.24) is 9.80 Å². The summed E-state index contributed by atoms with van der Waals surface area (Å²) in [5.74, 6) is -0.839. The molecule has 168 valence electrons. The molecule has 1 aromatic rings. The van der Waals surface area contributed by atoms with E-state index in [0.29, 0.717) is 31.9 Å². The predicted octanol–water partition coefficient (Wildman–Crippen LogP) is 1.53. The highest BCUT2D eigenvalue weighted by atomic mass is 16.5. The van der Waals surface area contributed by atoms with Crippen LogP contribution < -0.4 is 5.32 Å². The molecule has 1 heterocycles. The molecule has 1 N–H and O–H groups in total. The number of carbonyl (C=O) groups excluding carboxylic acids is 4. The first-order chi connectivity index (χ1) is 14.9. The molecule has 9 heteroatoms. The van der Waals surface area contributed by atoms with Crippen LogP contribution in [0.3, 0.4) is 0 Å². The molecule has 1 saturated carbocycles. The summed E-state index contributed by atoms with van der Waals surface area (Å²) >= 11 is 0. The van der Waals surface area contributed by atoms with E-state index in [9.17, 15) is 19.2 Å². The van der Waals surface area contributed by atoms with Crippen LogP contribution in [0.15, 0.2) is 18.2 Å². The molecule has 2 aliphatic rings. The Morgan fingerprint density at radius 3 is 1.87 bits per heavy atom. The minimum atomic E-state index is -0.556. The van der Waals surface area contributed by atoms with Crippen LogP contribution in [-0.2, 0) is 19.1 Å². The van der Waals surface area contributed by atoms with Gasteiger partial charge in [0.05, 0.1) is 30.9 Å². The first-order valence-corrected chi connectivity index (χ1v) is 10.7. The Balaban J connectivity index is 1.60. The molecule has 2 fully saturated rings. The number of piperazine rings is 1. The summed E-state index contributed by atoms with van der Waals surface area (Å²) in [7, 11) is 0. The molecule has 1 aliphatic heterocycles. The molecular weight excluding hydrogens is 402 g/mol. The van der Waals surface area contributed by atoms with E-state index in [1.165, 1.54) is 6.07 Å². The van der Waals surface area contributed by atoms with Crippen molar-refractivity contribution in [3.05, 3.63) is 29.3 Å². The van der Waals surface area contributed by atoms with Gasteiger partial charge in [-0.2, -0.15) is 0 Å². The number of nitrogens with zero attached hydrogens (tertiary/aromatic N) is 2. The molecule has 31 heavy (non-hydrogen) atoms. The maximum atomic E-state index is 12.6. The highest BCUT2D eigenvalue weighted by molar-refractivity contribution is 5.97. The van der Waals surface area contributed by atoms with Crippen LogP contribution in [0.1, 0.15) is 47.4 Å². The number of anilines is 1. The fourth-order valence-corrected chi connectivity index (χ4v) is 3.45. The number of hydrogen-bond donors (Lipinski definition) is 1. The zero-order chi connectivity index (χ0) is 22.4. The third kappa shape index (κ3) is 5.96. The molecule has 2 amide bonds. The second kappa shape index (κ2) is 10.3. The van der Waals surface area contributed by atoms with Crippen molar-refractivity contribution >= 4 is 29.4 Å². The number of hydrogen-bond acceptors (Lipinski definition) is 7. The van der Waals surface area contributed by atoms with Crippen LogP contribution in [0, 0.1) is 5.92 Å². The second-order valence-corrected chi connectivity index (χ2v) is 7.57. The molecule has 1 saturated heterocycles. The van der Waals surface area contributed by atoms with Crippen molar-refractivity contribution < 1.29 is 28.7 Å². The predicted molar refractivity (Wildman–Crippen MR) is 113 cm³/mol. The maximum absolute atomic E-state index is 12.6. The van der Waals surface area contributed by atoms with Gasteiger partial charge in [0.25, 0.3) is 0 Å². The molecule has 0 aromatic heterocycles. The van der Waals surface area contributed by atoms with E-state index in [1.54, 1.807) is 30.9 Å². The van der Waals surface area contributed by atoms with Gasteiger partial charge in [0.15, 0.2) is 0 Å². The van der Waals surface area contributed by atoms with Gasteiger partial charge >= 0.3 is 11.9 Å². The van der Waals surface area contributed by atoms with Crippen LogP contribution in [-0.4, -0.2) is 79.5 Å². The lowest BCUT2D eigenvalue weighted by atomic mass is 10.1. The standard InChI is InChI=1S/C22H29N3O6/c1-3-30-21(28)16-11-17(22(29)31-4-2)13-18(12-16)23-14-19(26)24-7-9-25(10-8-24)20(27)15-5-6-15/h11-13,15,23H,3-10,14H2,1-2H3. The van der Waals surface area contributed by atoms with E-state index in [1.807, 2.05) is 4.90 Å². The smallest absolute Gasteiger partial charge is 0.338 e. The monoisotopic (exact) mass is 431 g/mol. The third-order valence-electron chi connectivity index (χ3n) is 5.27. The van der Waals surface area contributed by atoms with E-state index < -0.39 is 11.9 Å². The third-order valence-corrected chi connectivity index (χ3v) is 5.27. The molecule has 0 atom stereocenters.